The fourth-order valence-corrected chi connectivity index (χ4v) is 2.63. The fourth-order valence-electron chi connectivity index (χ4n) is 2.63. The van der Waals surface area contributed by atoms with Gasteiger partial charge in [-0.25, -0.2) is 0 Å². The number of para-hydroxylation sites is 1. The standard InChI is InChI=1S/C14H19N3O3/c1-15-9-11-6-7-16(10-11)14(18)8-12-4-2-3-5-13(12)17(19)20/h2-5,11,15H,6-10H2,1H3. The zero-order chi connectivity index (χ0) is 14.5. The van der Waals surface area contributed by atoms with Gasteiger partial charge in [0.1, 0.15) is 0 Å². The van der Waals surface area contributed by atoms with Crippen molar-refractivity contribution in [3.05, 3.63) is 39.9 Å². The summed E-state index contributed by atoms with van der Waals surface area (Å²) in [7, 11) is 1.90. The molecule has 1 saturated heterocycles. The van der Waals surface area contributed by atoms with Gasteiger partial charge in [-0.3, -0.25) is 14.9 Å². The van der Waals surface area contributed by atoms with E-state index < -0.39 is 4.92 Å². The van der Waals surface area contributed by atoms with Gasteiger partial charge in [0.2, 0.25) is 5.91 Å². The normalized spacial score (nSPS) is 18.2. The van der Waals surface area contributed by atoms with Crippen molar-refractivity contribution in [3.8, 4) is 0 Å². The molecule has 6 nitrogen and oxygen atoms in total. The van der Waals surface area contributed by atoms with Crippen LogP contribution in [0, 0.1) is 16.0 Å². The van der Waals surface area contributed by atoms with E-state index in [2.05, 4.69) is 5.32 Å². The van der Waals surface area contributed by atoms with E-state index in [0.29, 0.717) is 11.5 Å². The molecule has 2 rings (SSSR count). The number of hydrogen-bond donors (Lipinski definition) is 1. The third-order valence-corrected chi connectivity index (χ3v) is 3.66. The van der Waals surface area contributed by atoms with Crippen molar-refractivity contribution in [2.45, 2.75) is 12.8 Å². The predicted molar refractivity (Wildman–Crippen MR) is 75.4 cm³/mol. The first-order valence-electron chi connectivity index (χ1n) is 6.76. The van der Waals surface area contributed by atoms with Crippen molar-refractivity contribution < 1.29 is 9.72 Å². The third kappa shape index (κ3) is 3.33. The number of carbonyl (C=O) groups excluding carboxylic acids is 1. The minimum atomic E-state index is -0.434. The quantitative estimate of drug-likeness (QED) is 0.648. The molecule has 0 aliphatic carbocycles. The Hall–Kier alpha value is -1.95. The van der Waals surface area contributed by atoms with Crippen molar-refractivity contribution in [2.75, 3.05) is 26.7 Å². The molecule has 0 spiro atoms. The molecule has 1 atom stereocenters. The molecule has 1 aromatic carbocycles. The lowest BCUT2D eigenvalue weighted by molar-refractivity contribution is -0.385. The number of nitro groups is 1. The van der Waals surface area contributed by atoms with E-state index in [-0.39, 0.29) is 18.0 Å². The minimum Gasteiger partial charge on any atom is -0.342 e. The molecule has 1 aliphatic rings. The van der Waals surface area contributed by atoms with Crippen LogP contribution in [0.3, 0.4) is 0 Å². The smallest absolute Gasteiger partial charge is 0.273 e. The summed E-state index contributed by atoms with van der Waals surface area (Å²) in [5.74, 6) is 0.451. The van der Waals surface area contributed by atoms with Crippen LogP contribution in [0.25, 0.3) is 0 Å². The summed E-state index contributed by atoms with van der Waals surface area (Å²) in [5.41, 5.74) is 0.506. The number of nitro benzene ring substituents is 1. The van der Waals surface area contributed by atoms with E-state index in [1.807, 2.05) is 7.05 Å². The largest absolute Gasteiger partial charge is 0.342 e. The highest BCUT2D eigenvalue weighted by molar-refractivity contribution is 5.80. The molecule has 20 heavy (non-hydrogen) atoms. The third-order valence-electron chi connectivity index (χ3n) is 3.66. The van der Waals surface area contributed by atoms with E-state index in [4.69, 9.17) is 0 Å². The van der Waals surface area contributed by atoms with Gasteiger partial charge in [-0.15, -0.1) is 0 Å². The molecule has 1 N–H and O–H groups in total. The summed E-state index contributed by atoms with van der Waals surface area (Å²) in [6, 6.07) is 6.43. The average Bonchev–Trinajstić information content (AvgIpc) is 2.88. The lowest BCUT2D eigenvalue weighted by Crippen LogP contribution is -2.31. The minimum absolute atomic E-state index is 0.0202. The summed E-state index contributed by atoms with van der Waals surface area (Å²) >= 11 is 0. The molecule has 0 aromatic heterocycles. The maximum atomic E-state index is 12.2. The Morgan fingerprint density at radius 1 is 1.50 bits per heavy atom. The zero-order valence-corrected chi connectivity index (χ0v) is 11.5. The number of nitrogens with zero attached hydrogens (tertiary/aromatic N) is 2. The molecule has 1 aromatic rings. The van der Waals surface area contributed by atoms with Crippen LogP contribution >= 0.6 is 0 Å². The number of likely N-dealkylation sites (tertiary alicyclic amines) is 1. The molecule has 1 aliphatic heterocycles. The van der Waals surface area contributed by atoms with Crippen molar-refractivity contribution in [1.82, 2.24) is 10.2 Å². The van der Waals surface area contributed by atoms with Gasteiger partial charge in [0.05, 0.1) is 11.3 Å². The van der Waals surface area contributed by atoms with Crippen molar-refractivity contribution in [2.24, 2.45) is 5.92 Å². The highest BCUT2D eigenvalue weighted by Crippen LogP contribution is 2.21. The SMILES string of the molecule is CNCC1CCN(C(=O)Cc2ccccc2[N+](=O)[O-])C1. The van der Waals surface area contributed by atoms with Gasteiger partial charge in [0, 0.05) is 24.7 Å². The van der Waals surface area contributed by atoms with E-state index in [1.165, 1.54) is 6.07 Å². The molecule has 6 heteroatoms. The monoisotopic (exact) mass is 277 g/mol. The number of hydrogen-bond acceptors (Lipinski definition) is 4. The first kappa shape index (κ1) is 14.5. The van der Waals surface area contributed by atoms with E-state index >= 15 is 0 Å². The first-order chi connectivity index (χ1) is 9.61. The van der Waals surface area contributed by atoms with Gasteiger partial charge < -0.3 is 10.2 Å². The maximum Gasteiger partial charge on any atom is 0.273 e. The first-order valence-corrected chi connectivity index (χ1v) is 6.76. The summed E-state index contributed by atoms with van der Waals surface area (Å²) in [5, 5.41) is 14.0. The molecule has 1 unspecified atom stereocenters. The van der Waals surface area contributed by atoms with Gasteiger partial charge in [0.25, 0.3) is 5.69 Å². The van der Waals surface area contributed by atoms with Crippen LogP contribution in [0.4, 0.5) is 5.69 Å². The van der Waals surface area contributed by atoms with E-state index in [1.54, 1.807) is 23.1 Å². The summed E-state index contributed by atoms with van der Waals surface area (Å²) < 4.78 is 0. The predicted octanol–water partition coefficient (Wildman–Crippen LogP) is 1.21. The number of carbonyl (C=O) groups is 1. The van der Waals surface area contributed by atoms with Crippen LogP contribution in [-0.2, 0) is 11.2 Å². The highest BCUT2D eigenvalue weighted by Gasteiger charge is 2.27. The second kappa shape index (κ2) is 6.47. The average molecular weight is 277 g/mol. The Bertz CT molecular complexity index is 504. The molecule has 0 bridgehead atoms. The van der Waals surface area contributed by atoms with Gasteiger partial charge >= 0.3 is 0 Å². The maximum absolute atomic E-state index is 12.2. The summed E-state index contributed by atoms with van der Waals surface area (Å²) in [6.07, 6.45) is 1.09. The van der Waals surface area contributed by atoms with Gasteiger partial charge in [-0.05, 0) is 25.9 Å². The Kier molecular flexibility index (Phi) is 4.68. The van der Waals surface area contributed by atoms with Crippen LogP contribution in [-0.4, -0.2) is 42.4 Å². The van der Waals surface area contributed by atoms with E-state index in [0.717, 1.165) is 26.1 Å². The molecule has 108 valence electrons. The molecular formula is C14H19N3O3. The summed E-state index contributed by atoms with van der Waals surface area (Å²) in [4.78, 5) is 24.5. The fraction of sp³-hybridized carbons (Fsp3) is 0.500. The van der Waals surface area contributed by atoms with Crippen molar-refractivity contribution in [1.29, 1.82) is 0 Å². The molecule has 1 fully saturated rings. The van der Waals surface area contributed by atoms with Crippen LogP contribution in [0.15, 0.2) is 24.3 Å². The topological polar surface area (TPSA) is 75.5 Å². The van der Waals surface area contributed by atoms with Crippen LogP contribution in [0.2, 0.25) is 0 Å². The van der Waals surface area contributed by atoms with Crippen molar-refractivity contribution >= 4 is 11.6 Å². The number of amides is 1. The Balaban J connectivity index is 2.00. The molecule has 1 amide bonds. The molecular weight excluding hydrogens is 258 g/mol. The van der Waals surface area contributed by atoms with Crippen molar-refractivity contribution in [3.63, 3.8) is 0 Å². The Labute approximate surface area is 117 Å². The molecule has 0 saturated carbocycles. The number of benzene rings is 1. The van der Waals surface area contributed by atoms with Gasteiger partial charge in [-0.2, -0.15) is 0 Å². The Morgan fingerprint density at radius 3 is 2.95 bits per heavy atom. The van der Waals surface area contributed by atoms with Crippen LogP contribution in [0.1, 0.15) is 12.0 Å². The molecule has 0 radical (unpaired) electrons. The lowest BCUT2D eigenvalue weighted by atomic mass is 10.1. The summed E-state index contributed by atoms with van der Waals surface area (Å²) in [6.45, 7) is 2.38. The number of rotatable bonds is 5. The molecule has 1 heterocycles. The van der Waals surface area contributed by atoms with Gasteiger partial charge in [0.15, 0.2) is 0 Å². The van der Waals surface area contributed by atoms with E-state index in [9.17, 15) is 14.9 Å². The highest BCUT2D eigenvalue weighted by atomic mass is 16.6. The van der Waals surface area contributed by atoms with Crippen LogP contribution < -0.4 is 5.32 Å². The zero-order valence-electron chi connectivity index (χ0n) is 11.5. The lowest BCUT2D eigenvalue weighted by Gasteiger charge is -2.16. The van der Waals surface area contributed by atoms with Crippen LogP contribution in [0.5, 0.6) is 0 Å². The second-order valence-corrected chi connectivity index (χ2v) is 5.11. The Morgan fingerprint density at radius 2 is 2.25 bits per heavy atom. The number of nitrogens with one attached hydrogen (secondary N) is 1. The second-order valence-electron chi connectivity index (χ2n) is 5.11. The van der Waals surface area contributed by atoms with Gasteiger partial charge in [-0.1, -0.05) is 18.2 Å².